The number of fused-ring (bicyclic) bond motifs is 5. The molecule has 4 unspecified atom stereocenters. The Kier molecular flexibility index (Phi) is 10.6. The van der Waals surface area contributed by atoms with E-state index in [1.807, 2.05) is 19.1 Å². The Morgan fingerprint density at radius 1 is 0.674 bits per heavy atom. The van der Waals surface area contributed by atoms with Crippen LogP contribution >= 0.6 is 0 Å². The first-order valence-corrected chi connectivity index (χ1v) is 16.0. The normalized spacial score (nSPS) is 20.8. The maximum absolute atomic E-state index is 12.7. The molecule has 5 rings (SSSR count). The van der Waals surface area contributed by atoms with E-state index in [-0.39, 0.29) is 29.2 Å². The van der Waals surface area contributed by atoms with Crippen LogP contribution in [0.1, 0.15) is 93.3 Å². The molecule has 2 aromatic rings. The number of hydrogen-bond donors (Lipinski definition) is 2. The third kappa shape index (κ3) is 7.35. The summed E-state index contributed by atoms with van der Waals surface area (Å²) in [7, 11) is 0. The van der Waals surface area contributed by atoms with Crippen LogP contribution in [0.3, 0.4) is 0 Å². The minimum Gasteiger partial charge on any atom is -0.462 e. The van der Waals surface area contributed by atoms with E-state index in [0.29, 0.717) is 41.4 Å². The van der Waals surface area contributed by atoms with E-state index in [2.05, 4.69) is 10.6 Å². The van der Waals surface area contributed by atoms with Gasteiger partial charge in [-0.05, 0) is 86.1 Å². The number of unbranched alkanes of at least 4 members (excludes halogenated alkanes) is 4. The number of nitrogens with zero attached hydrogens (tertiary/aromatic N) is 1. The molecule has 2 aliphatic carbocycles. The Hall–Kier alpha value is -4.80. The Balaban J connectivity index is 0.942. The van der Waals surface area contributed by atoms with Crippen molar-refractivity contribution in [1.29, 1.82) is 0 Å². The molecule has 4 amide bonds. The third-order valence-corrected chi connectivity index (χ3v) is 8.78. The second kappa shape index (κ2) is 15.0. The van der Waals surface area contributed by atoms with Crippen LogP contribution < -0.4 is 10.6 Å². The monoisotopic (exact) mass is 629 g/mol. The maximum atomic E-state index is 12.7. The zero-order chi connectivity index (χ0) is 32.6. The number of allylic oxidation sites excluding steroid dienone is 2. The Morgan fingerprint density at radius 3 is 1.61 bits per heavy atom. The lowest BCUT2D eigenvalue weighted by molar-refractivity contribution is -0.175. The molecule has 4 atom stereocenters. The fraction of sp³-hybridized carbons (Fsp3) is 0.429. The number of carbonyl (C=O) groups is 6. The lowest BCUT2D eigenvalue weighted by atomic mass is 9.85. The van der Waals surface area contributed by atoms with Gasteiger partial charge >= 0.3 is 11.9 Å². The van der Waals surface area contributed by atoms with E-state index in [9.17, 15) is 28.8 Å². The molecule has 11 nitrogen and oxygen atoms in total. The smallest absolute Gasteiger partial charge is 0.363 e. The lowest BCUT2D eigenvalue weighted by Gasteiger charge is -2.15. The van der Waals surface area contributed by atoms with Gasteiger partial charge in [-0.25, -0.2) is 9.59 Å². The lowest BCUT2D eigenvalue weighted by Crippen LogP contribution is -2.35. The maximum Gasteiger partial charge on any atom is 0.363 e. The Morgan fingerprint density at radius 2 is 1.13 bits per heavy atom. The van der Waals surface area contributed by atoms with Crippen LogP contribution in [0, 0.1) is 23.7 Å². The molecule has 242 valence electrons. The topological polar surface area (TPSA) is 148 Å². The molecule has 0 aromatic heterocycles. The number of ether oxygens (including phenoxy) is 1. The van der Waals surface area contributed by atoms with Gasteiger partial charge in [0.25, 0.3) is 23.6 Å². The predicted octanol–water partition coefficient (Wildman–Crippen LogP) is 4.24. The van der Waals surface area contributed by atoms with Crippen molar-refractivity contribution in [3.63, 3.8) is 0 Å². The number of carbonyl (C=O) groups excluding carboxylic acids is 6. The van der Waals surface area contributed by atoms with Crippen molar-refractivity contribution in [3.05, 3.63) is 82.9 Å². The van der Waals surface area contributed by atoms with Gasteiger partial charge in [-0.15, -0.1) is 5.06 Å². The number of hydroxylamine groups is 2. The molecule has 1 saturated heterocycles. The highest BCUT2D eigenvalue weighted by Crippen LogP contribution is 2.52. The van der Waals surface area contributed by atoms with Gasteiger partial charge in [0.05, 0.1) is 29.6 Å². The quantitative estimate of drug-likeness (QED) is 0.129. The van der Waals surface area contributed by atoms with Gasteiger partial charge in [-0.1, -0.05) is 38.3 Å². The van der Waals surface area contributed by atoms with Crippen LogP contribution in [0.25, 0.3) is 0 Å². The molecule has 11 heteroatoms. The number of rotatable bonds is 15. The van der Waals surface area contributed by atoms with E-state index < -0.39 is 35.6 Å². The van der Waals surface area contributed by atoms with Crippen molar-refractivity contribution in [3.8, 4) is 0 Å². The van der Waals surface area contributed by atoms with Crippen molar-refractivity contribution >= 4 is 35.6 Å². The van der Waals surface area contributed by atoms with Crippen LogP contribution in [-0.4, -0.2) is 60.3 Å². The van der Waals surface area contributed by atoms with E-state index in [0.717, 1.165) is 44.9 Å². The van der Waals surface area contributed by atoms with Gasteiger partial charge in [0.15, 0.2) is 0 Å². The van der Waals surface area contributed by atoms with Crippen LogP contribution in [0.2, 0.25) is 0 Å². The number of benzene rings is 2. The van der Waals surface area contributed by atoms with Crippen molar-refractivity contribution in [1.82, 2.24) is 15.7 Å². The summed E-state index contributed by atoms with van der Waals surface area (Å²) in [5.74, 6) is -3.51. The average molecular weight is 630 g/mol. The summed E-state index contributed by atoms with van der Waals surface area (Å²) in [6.07, 6.45) is 9.76. The third-order valence-electron chi connectivity index (χ3n) is 8.78. The van der Waals surface area contributed by atoms with Crippen LogP contribution in [-0.2, 0) is 19.2 Å². The summed E-state index contributed by atoms with van der Waals surface area (Å²) in [6.45, 7) is 3.39. The highest BCUT2D eigenvalue weighted by molar-refractivity contribution is 6.07. The molecule has 1 saturated carbocycles. The van der Waals surface area contributed by atoms with E-state index in [4.69, 9.17) is 9.57 Å². The zero-order valence-electron chi connectivity index (χ0n) is 25.9. The first kappa shape index (κ1) is 32.6. The van der Waals surface area contributed by atoms with Gasteiger partial charge in [-0.2, -0.15) is 0 Å². The van der Waals surface area contributed by atoms with Crippen molar-refractivity contribution in [2.75, 3.05) is 19.7 Å². The summed E-state index contributed by atoms with van der Waals surface area (Å²) >= 11 is 0. The first-order chi connectivity index (χ1) is 22.3. The highest BCUT2D eigenvalue weighted by atomic mass is 16.7. The molecule has 3 aliphatic rings. The Bertz CT molecular complexity index is 1470. The van der Waals surface area contributed by atoms with Crippen molar-refractivity contribution < 1.29 is 38.3 Å². The van der Waals surface area contributed by atoms with Crippen molar-refractivity contribution in [2.24, 2.45) is 23.7 Å². The highest BCUT2D eigenvalue weighted by Gasteiger charge is 2.60. The number of hydrogen-bond acceptors (Lipinski definition) is 8. The predicted molar refractivity (Wildman–Crippen MR) is 166 cm³/mol. The molecule has 2 bridgehead atoms. The van der Waals surface area contributed by atoms with Gasteiger partial charge < -0.3 is 20.2 Å². The first-order valence-electron chi connectivity index (χ1n) is 16.0. The SMILES string of the molecule is CCCCOC(=O)c1ccc(C(=O)NCCCCCCNC(=O)c2ccc(C(=O)ON3C(=O)C4C5C=CC(C5)C4C3=O)cc2)cc1. The van der Waals surface area contributed by atoms with E-state index in [1.54, 1.807) is 24.3 Å². The number of amides is 4. The molecule has 2 N–H and O–H groups in total. The molecule has 46 heavy (non-hydrogen) atoms. The van der Waals surface area contributed by atoms with E-state index >= 15 is 0 Å². The standard InChI is InChI=1S/C35H39N3O8/c1-2-3-20-45-34(43)24-12-8-22(9-13-24)30(39)36-18-6-4-5-7-19-37-31(40)23-10-14-25(15-11-23)35(44)46-38-32(41)28-26-16-17-27(21-26)29(28)33(38)42/h8-17,26-29H,2-7,18-21H2,1H3,(H,36,39)(H,37,40). The molecule has 2 fully saturated rings. The van der Waals surface area contributed by atoms with Gasteiger partial charge in [0, 0.05) is 24.2 Å². The van der Waals surface area contributed by atoms with Gasteiger partial charge in [0.1, 0.15) is 0 Å². The second-order valence-electron chi connectivity index (χ2n) is 11.9. The van der Waals surface area contributed by atoms with Gasteiger partial charge in [-0.3, -0.25) is 19.2 Å². The minimum atomic E-state index is -0.831. The van der Waals surface area contributed by atoms with Gasteiger partial charge in [0.2, 0.25) is 0 Å². The average Bonchev–Trinajstić information content (AvgIpc) is 3.76. The summed E-state index contributed by atoms with van der Waals surface area (Å²) in [5, 5.41) is 6.34. The summed E-state index contributed by atoms with van der Waals surface area (Å²) < 4.78 is 5.18. The fourth-order valence-corrected chi connectivity index (χ4v) is 6.22. The molecule has 1 aliphatic heterocycles. The summed E-state index contributed by atoms with van der Waals surface area (Å²) in [6, 6.07) is 12.2. The summed E-state index contributed by atoms with van der Waals surface area (Å²) in [4.78, 5) is 80.2. The second-order valence-corrected chi connectivity index (χ2v) is 11.9. The minimum absolute atomic E-state index is 0.0200. The summed E-state index contributed by atoms with van der Waals surface area (Å²) in [5.41, 5.74) is 1.38. The molecular weight excluding hydrogens is 590 g/mol. The van der Waals surface area contributed by atoms with Crippen LogP contribution in [0.5, 0.6) is 0 Å². The van der Waals surface area contributed by atoms with Crippen LogP contribution in [0.15, 0.2) is 60.7 Å². The molecule has 1 heterocycles. The van der Waals surface area contributed by atoms with Crippen LogP contribution in [0.4, 0.5) is 0 Å². The molecule has 0 radical (unpaired) electrons. The number of nitrogens with one attached hydrogen (secondary N) is 2. The molecule has 2 aromatic carbocycles. The number of esters is 1. The zero-order valence-corrected chi connectivity index (χ0v) is 25.9. The fourth-order valence-electron chi connectivity index (χ4n) is 6.22. The van der Waals surface area contributed by atoms with Crippen molar-refractivity contribution in [2.45, 2.75) is 51.9 Å². The number of imide groups is 1. The van der Waals surface area contributed by atoms with E-state index in [1.165, 1.54) is 24.3 Å². The molecule has 0 spiro atoms. The largest absolute Gasteiger partial charge is 0.462 e. The molecular formula is C35H39N3O8. The Labute approximate surface area is 267 Å².